The maximum absolute atomic E-state index is 13.1. The number of benzene rings is 2. The normalized spacial score (nSPS) is 16.1. The number of amides is 1. The number of carbonyl (C=O) groups excluding carboxylic acids is 1. The van der Waals surface area contributed by atoms with Crippen LogP contribution < -0.4 is 10.1 Å². The summed E-state index contributed by atoms with van der Waals surface area (Å²) in [6.45, 7) is 3.38. The monoisotopic (exact) mass is 432 g/mol. The van der Waals surface area contributed by atoms with E-state index in [4.69, 9.17) is 9.47 Å². The van der Waals surface area contributed by atoms with E-state index in [2.05, 4.69) is 5.32 Å². The molecule has 8 heteroatoms. The first-order chi connectivity index (χ1) is 14.5. The number of sulfonamides is 1. The first-order valence-electron chi connectivity index (χ1n) is 10.1. The molecule has 0 unspecified atom stereocenters. The van der Waals surface area contributed by atoms with Gasteiger partial charge in [-0.1, -0.05) is 43.7 Å². The minimum Gasteiger partial charge on any atom is -0.495 e. The van der Waals surface area contributed by atoms with Crippen LogP contribution in [0.2, 0.25) is 0 Å². The molecule has 0 spiro atoms. The van der Waals surface area contributed by atoms with Crippen molar-refractivity contribution in [3.63, 3.8) is 0 Å². The summed E-state index contributed by atoms with van der Waals surface area (Å²) >= 11 is 0. The summed E-state index contributed by atoms with van der Waals surface area (Å²) in [6, 6.07) is 14.1. The molecule has 0 radical (unpaired) electrons. The zero-order chi connectivity index (χ0) is 21.6. The van der Waals surface area contributed by atoms with Crippen molar-refractivity contribution in [3.8, 4) is 5.75 Å². The number of hydrogen-bond donors (Lipinski definition) is 1. The molecule has 0 saturated carbocycles. The molecule has 2 aromatic carbocycles. The third-order valence-electron chi connectivity index (χ3n) is 5.13. The van der Waals surface area contributed by atoms with Crippen LogP contribution in [0.4, 0.5) is 5.69 Å². The molecule has 3 rings (SSSR count). The van der Waals surface area contributed by atoms with Gasteiger partial charge in [0.15, 0.2) is 0 Å². The predicted molar refractivity (Wildman–Crippen MR) is 115 cm³/mol. The van der Waals surface area contributed by atoms with E-state index in [-0.39, 0.29) is 16.7 Å². The summed E-state index contributed by atoms with van der Waals surface area (Å²) in [4.78, 5) is 13.2. The first-order valence-corrected chi connectivity index (χ1v) is 11.5. The maximum Gasteiger partial charge on any atom is 0.243 e. The molecule has 1 aliphatic heterocycles. The third-order valence-corrected chi connectivity index (χ3v) is 7.03. The SMILES string of the molecule is CCC[C@@H](C(=O)Nc1cc(S(=O)(=O)N2CCOCC2)ccc1OC)c1ccccc1. The number of methoxy groups -OCH3 is 1. The molecule has 30 heavy (non-hydrogen) atoms. The maximum atomic E-state index is 13.1. The zero-order valence-corrected chi connectivity index (χ0v) is 18.2. The summed E-state index contributed by atoms with van der Waals surface area (Å²) in [5.41, 5.74) is 1.27. The van der Waals surface area contributed by atoms with E-state index in [1.165, 1.54) is 23.5 Å². The summed E-state index contributed by atoms with van der Waals surface area (Å²) in [6.07, 6.45) is 1.53. The molecule has 1 heterocycles. The number of carbonyl (C=O) groups is 1. The van der Waals surface area contributed by atoms with Gasteiger partial charge in [-0.3, -0.25) is 4.79 Å². The quantitative estimate of drug-likeness (QED) is 0.692. The van der Waals surface area contributed by atoms with Crippen LogP contribution in [0.3, 0.4) is 0 Å². The van der Waals surface area contributed by atoms with Gasteiger partial charge in [0.05, 0.1) is 36.8 Å². The fourth-order valence-electron chi connectivity index (χ4n) is 3.52. The highest BCUT2D eigenvalue weighted by molar-refractivity contribution is 7.89. The van der Waals surface area contributed by atoms with Crippen molar-refractivity contribution in [1.82, 2.24) is 4.31 Å². The van der Waals surface area contributed by atoms with Crippen molar-refractivity contribution in [2.24, 2.45) is 0 Å². The van der Waals surface area contributed by atoms with E-state index in [1.807, 2.05) is 37.3 Å². The highest BCUT2D eigenvalue weighted by Gasteiger charge is 2.28. The van der Waals surface area contributed by atoms with E-state index in [0.717, 1.165) is 12.0 Å². The molecule has 1 saturated heterocycles. The van der Waals surface area contributed by atoms with Crippen LogP contribution in [0.1, 0.15) is 31.2 Å². The second-order valence-electron chi connectivity index (χ2n) is 7.12. The Morgan fingerprint density at radius 2 is 1.87 bits per heavy atom. The Hall–Kier alpha value is -2.42. The second-order valence-corrected chi connectivity index (χ2v) is 9.06. The van der Waals surface area contributed by atoms with Crippen molar-refractivity contribution in [2.75, 3.05) is 38.7 Å². The molecule has 1 N–H and O–H groups in total. The molecule has 7 nitrogen and oxygen atoms in total. The molecule has 2 aromatic rings. The summed E-state index contributed by atoms with van der Waals surface area (Å²) in [5.74, 6) is -0.115. The number of hydrogen-bond acceptors (Lipinski definition) is 5. The minimum absolute atomic E-state index is 0.118. The average Bonchev–Trinajstić information content (AvgIpc) is 2.78. The first kappa shape index (κ1) is 22.3. The summed E-state index contributed by atoms with van der Waals surface area (Å²) in [5, 5.41) is 2.89. The second kappa shape index (κ2) is 10.1. The fraction of sp³-hybridized carbons (Fsp3) is 0.409. The van der Waals surface area contributed by atoms with Crippen molar-refractivity contribution in [3.05, 3.63) is 54.1 Å². The van der Waals surface area contributed by atoms with Crippen LogP contribution >= 0.6 is 0 Å². The minimum atomic E-state index is -3.68. The number of nitrogens with zero attached hydrogens (tertiary/aromatic N) is 1. The molecule has 0 aliphatic carbocycles. The Balaban J connectivity index is 1.89. The van der Waals surface area contributed by atoms with Crippen LogP contribution in [-0.4, -0.2) is 52.0 Å². The Labute approximate surface area is 178 Å². The van der Waals surface area contributed by atoms with Gasteiger partial charge in [0, 0.05) is 13.1 Å². The van der Waals surface area contributed by atoms with Gasteiger partial charge in [-0.2, -0.15) is 4.31 Å². The van der Waals surface area contributed by atoms with Crippen LogP contribution in [0.25, 0.3) is 0 Å². The van der Waals surface area contributed by atoms with Crippen LogP contribution in [-0.2, 0) is 19.6 Å². The third kappa shape index (κ3) is 5.00. The smallest absolute Gasteiger partial charge is 0.243 e. The van der Waals surface area contributed by atoms with Crippen molar-refractivity contribution in [1.29, 1.82) is 0 Å². The Bertz CT molecular complexity index is 957. The largest absolute Gasteiger partial charge is 0.495 e. The van der Waals surface area contributed by atoms with E-state index in [0.29, 0.717) is 44.2 Å². The lowest BCUT2D eigenvalue weighted by Gasteiger charge is -2.26. The molecule has 0 bridgehead atoms. The highest BCUT2D eigenvalue weighted by atomic mass is 32.2. The lowest BCUT2D eigenvalue weighted by atomic mass is 9.93. The Morgan fingerprint density at radius 1 is 1.17 bits per heavy atom. The van der Waals surface area contributed by atoms with E-state index in [1.54, 1.807) is 6.07 Å². The van der Waals surface area contributed by atoms with E-state index in [9.17, 15) is 13.2 Å². The fourth-order valence-corrected chi connectivity index (χ4v) is 4.96. The van der Waals surface area contributed by atoms with Gasteiger partial charge in [-0.05, 0) is 30.2 Å². The Morgan fingerprint density at radius 3 is 2.50 bits per heavy atom. The number of nitrogens with one attached hydrogen (secondary N) is 1. The number of morpholine rings is 1. The average molecular weight is 433 g/mol. The van der Waals surface area contributed by atoms with Crippen LogP contribution in [0, 0.1) is 0 Å². The van der Waals surface area contributed by atoms with Crippen molar-refractivity contribution in [2.45, 2.75) is 30.6 Å². The molecule has 162 valence electrons. The lowest BCUT2D eigenvalue weighted by Crippen LogP contribution is -2.40. The van der Waals surface area contributed by atoms with Gasteiger partial charge >= 0.3 is 0 Å². The predicted octanol–water partition coefficient (Wildman–Crippen LogP) is 3.24. The molecular formula is C22H28N2O5S. The van der Waals surface area contributed by atoms with E-state index >= 15 is 0 Å². The Kier molecular flexibility index (Phi) is 7.47. The topological polar surface area (TPSA) is 84.9 Å². The van der Waals surface area contributed by atoms with E-state index < -0.39 is 10.0 Å². The molecule has 1 atom stereocenters. The molecule has 1 aliphatic rings. The summed E-state index contributed by atoms with van der Waals surface area (Å²) in [7, 11) is -2.19. The van der Waals surface area contributed by atoms with Gasteiger partial charge in [0.1, 0.15) is 5.75 Å². The van der Waals surface area contributed by atoms with Gasteiger partial charge < -0.3 is 14.8 Å². The van der Waals surface area contributed by atoms with Gasteiger partial charge in [0.25, 0.3) is 0 Å². The van der Waals surface area contributed by atoms with Crippen LogP contribution in [0.5, 0.6) is 5.75 Å². The zero-order valence-electron chi connectivity index (χ0n) is 17.3. The standard InChI is InChI=1S/C22H28N2O5S/c1-3-7-19(17-8-5-4-6-9-17)22(25)23-20-16-18(10-11-21(20)28-2)30(26,27)24-12-14-29-15-13-24/h4-6,8-11,16,19H,3,7,12-15H2,1-2H3,(H,23,25)/t19-/m1/s1. The summed E-state index contributed by atoms with van der Waals surface area (Å²) < 4.78 is 38.0. The molecule has 1 amide bonds. The highest BCUT2D eigenvalue weighted by Crippen LogP contribution is 2.31. The van der Waals surface area contributed by atoms with Gasteiger partial charge in [-0.25, -0.2) is 8.42 Å². The number of ether oxygens (including phenoxy) is 2. The van der Waals surface area contributed by atoms with Gasteiger partial charge in [0.2, 0.25) is 15.9 Å². The molecular weight excluding hydrogens is 404 g/mol. The lowest BCUT2D eigenvalue weighted by molar-refractivity contribution is -0.117. The van der Waals surface area contributed by atoms with Crippen molar-refractivity contribution < 1.29 is 22.7 Å². The van der Waals surface area contributed by atoms with Crippen molar-refractivity contribution >= 4 is 21.6 Å². The van der Waals surface area contributed by atoms with Crippen LogP contribution in [0.15, 0.2) is 53.4 Å². The number of anilines is 1. The molecule has 1 fully saturated rings. The number of rotatable bonds is 8. The van der Waals surface area contributed by atoms with Gasteiger partial charge in [-0.15, -0.1) is 0 Å². The molecule has 0 aromatic heterocycles.